The first-order chi connectivity index (χ1) is 14.9. The zero-order valence-corrected chi connectivity index (χ0v) is 18.5. The van der Waals surface area contributed by atoms with Gasteiger partial charge in [0, 0.05) is 19.5 Å². The van der Waals surface area contributed by atoms with Crippen molar-refractivity contribution in [2.75, 3.05) is 19.7 Å². The first-order valence-corrected chi connectivity index (χ1v) is 12.2. The molecule has 168 valence electrons. The van der Waals surface area contributed by atoms with E-state index in [0.29, 0.717) is 32.4 Å². The maximum Gasteiger partial charge on any atom is 0.469 e. The maximum atomic E-state index is 12.4. The average molecular weight is 447 g/mol. The van der Waals surface area contributed by atoms with Gasteiger partial charge in [-0.3, -0.25) is 9.32 Å². The number of phosphoric acid groups is 1. The number of benzene rings is 2. The van der Waals surface area contributed by atoms with Gasteiger partial charge in [-0.2, -0.15) is 0 Å². The first kappa shape index (κ1) is 23.5. The van der Waals surface area contributed by atoms with Gasteiger partial charge < -0.3 is 19.4 Å². The van der Waals surface area contributed by atoms with Crippen molar-refractivity contribution in [3.05, 3.63) is 65.7 Å². The van der Waals surface area contributed by atoms with Crippen LogP contribution < -0.4 is 4.74 Å². The number of unbranched alkanes of at least 4 members (excludes halogenated alkanes) is 1. The lowest BCUT2D eigenvalue weighted by Gasteiger charge is -2.17. The molecule has 1 heterocycles. The fourth-order valence-corrected chi connectivity index (χ4v) is 4.26. The van der Waals surface area contributed by atoms with E-state index in [1.165, 1.54) is 5.56 Å². The van der Waals surface area contributed by atoms with Gasteiger partial charge in [0.1, 0.15) is 5.75 Å². The Labute approximate surface area is 183 Å². The van der Waals surface area contributed by atoms with Crippen LogP contribution >= 0.6 is 7.82 Å². The summed E-state index contributed by atoms with van der Waals surface area (Å²) in [6, 6.07) is 18.2. The normalized spacial score (nSPS) is 16.5. The van der Waals surface area contributed by atoms with Gasteiger partial charge in [-0.1, -0.05) is 42.5 Å². The minimum atomic E-state index is -4.52. The Morgan fingerprint density at radius 3 is 2.58 bits per heavy atom. The fraction of sp³-hybridized carbons (Fsp3) is 0.435. The number of carbonyl (C=O) groups is 1. The Morgan fingerprint density at radius 2 is 1.81 bits per heavy atom. The molecular weight excluding hydrogens is 417 g/mol. The lowest BCUT2D eigenvalue weighted by atomic mass is 10.1. The summed E-state index contributed by atoms with van der Waals surface area (Å²) >= 11 is 0. The summed E-state index contributed by atoms with van der Waals surface area (Å²) in [7, 11) is -4.52. The summed E-state index contributed by atoms with van der Waals surface area (Å²) in [5, 5.41) is 0. The minimum Gasteiger partial charge on any atom is -0.494 e. The number of carbonyl (C=O) groups excluding carboxylic acids is 1. The number of aryl methyl sites for hydroxylation is 2. The monoisotopic (exact) mass is 447 g/mol. The highest BCUT2D eigenvalue weighted by Gasteiger charge is 2.31. The summed E-state index contributed by atoms with van der Waals surface area (Å²) in [5.74, 6) is 0.769. The van der Waals surface area contributed by atoms with Gasteiger partial charge in [-0.25, -0.2) is 4.57 Å². The van der Waals surface area contributed by atoms with E-state index in [4.69, 9.17) is 19.0 Å². The van der Waals surface area contributed by atoms with Crippen LogP contribution in [0.5, 0.6) is 5.75 Å². The molecule has 2 N–H and O–H groups in total. The van der Waals surface area contributed by atoms with Gasteiger partial charge in [0.25, 0.3) is 0 Å². The number of hydrogen-bond donors (Lipinski definition) is 2. The highest BCUT2D eigenvalue weighted by Crippen LogP contribution is 2.39. The molecule has 1 saturated heterocycles. The van der Waals surface area contributed by atoms with Crippen LogP contribution in [0.25, 0.3) is 0 Å². The van der Waals surface area contributed by atoms with Crippen molar-refractivity contribution >= 4 is 13.7 Å². The van der Waals surface area contributed by atoms with Crippen LogP contribution in [0.1, 0.15) is 36.8 Å². The minimum absolute atomic E-state index is 0.0379. The molecule has 2 aromatic rings. The highest BCUT2D eigenvalue weighted by molar-refractivity contribution is 7.46. The zero-order chi connectivity index (χ0) is 22.1. The molecule has 0 spiro atoms. The van der Waals surface area contributed by atoms with Gasteiger partial charge in [-0.15, -0.1) is 0 Å². The number of rotatable bonds is 11. The van der Waals surface area contributed by atoms with E-state index in [2.05, 4.69) is 24.3 Å². The SMILES string of the molecule is O=C(CCc1cccc(OCCCCc2ccccc2)c1)N1CCC(OP(=O)(O)O)C1. The second-order valence-electron chi connectivity index (χ2n) is 7.78. The summed E-state index contributed by atoms with van der Waals surface area (Å²) in [4.78, 5) is 31.8. The zero-order valence-electron chi connectivity index (χ0n) is 17.6. The molecule has 0 aromatic heterocycles. The molecular formula is C23H30NO6P. The number of likely N-dealkylation sites (tertiary alicyclic amines) is 1. The van der Waals surface area contributed by atoms with E-state index in [9.17, 15) is 9.36 Å². The molecule has 7 nitrogen and oxygen atoms in total. The molecule has 1 aliphatic rings. The van der Waals surface area contributed by atoms with Crippen molar-refractivity contribution in [2.24, 2.45) is 0 Å². The fourth-order valence-electron chi connectivity index (χ4n) is 3.70. The Balaban J connectivity index is 1.36. The quantitative estimate of drug-likeness (QED) is 0.403. The van der Waals surface area contributed by atoms with Gasteiger partial charge in [0.2, 0.25) is 5.91 Å². The standard InChI is InChI=1S/C23H30NO6P/c25-23(24-15-14-22(18-24)30-31(26,27)28)13-12-20-10-6-11-21(17-20)29-16-5-4-9-19-7-2-1-3-8-19/h1-3,6-8,10-11,17,22H,4-5,9,12-16,18H2,(H2,26,27,28). The molecule has 8 heteroatoms. The topological polar surface area (TPSA) is 96.3 Å². The van der Waals surface area contributed by atoms with Crippen molar-refractivity contribution in [3.8, 4) is 5.75 Å². The van der Waals surface area contributed by atoms with Crippen LogP contribution in [0.4, 0.5) is 0 Å². The van der Waals surface area contributed by atoms with Crippen LogP contribution in [-0.2, 0) is 26.7 Å². The van der Waals surface area contributed by atoms with Crippen LogP contribution in [0.2, 0.25) is 0 Å². The summed E-state index contributed by atoms with van der Waals surface area (Å²) in [5.41, 5.74) is 2.36. The summed E-state index contributed by atoms with van der Waals surface area (Å²) < 4.78 is 21.5. The lowest BCUT2D eigenvalue weighted by Crippen LogP contribution is -2.30. The number of amides is 1. The Hall–Kier alpha value is -2.18. The van der Waals surface area contributed by atoms with Crippen molar-refractivity contribution in [2.45, 2.75) is 44.6 Å². The molecule has 1 amide bonds. The molecule has 3 rings (SSSR count). The van der Waals surface area contributed by atoms with Crippen molar-refractivity contribution in [1.82, 2.24) is 4.90 Å². The number of ether oxygens (including phenoxy) is 1. The Morgan fingerprint density at radius 1 is 1.03 bits per heavy atom. The lowest BCUT2D eigenvalue weighted by molar-refractivity contribution is -0.130. The predicted molar refractivity (Wildman–Crippen MR) is 118 cm³/mol. The van der Waals surface area contributed by atoms with Crippen LogP contribution in [0, 0.1) is 0 Å². The molecule has 1 fully saturated rings. The van der Waals surface area contributed by atoms with Crippen LogP contribution in [0.3, 0.4) is 0 Å². The third kappa shape index (κ3) is 8.46. The highest BCUT2D eigenvalue weighted by atomic mass is 31.2. The first-order valence-electron chi connectivity index (χ1n) is 10.7. The van der Waals surface area contributed by atoms with E-state index in [1.807, 2.05) is 30.3 Å². The Kier molecular flexibility index (Phi) is 8.67. The van der Waals surface area contributed by atoms with E-state index in [-0.39, 0.29) is 12.5 Å². The Bertz CT molecular complexity index is 885. The van der Waals surface area contributed by atoms with E-state index >= 15 is 0 Å². The number of hydrogen-bond acceptors (Lipinski definition) is 4. The van der Waals surface area contributed by atoms with Gasteiger partial charge >= 0.3 is 7.82 Å². The number of phosphoric ester groups is 1. The van der Waals surface area contributed by atoms with E-state index < -0.39 is 13.9 Å². The molecule has 0 radical (unpaired) electrons. The average Bonchev–Trinajstić information content (AvgIpc) is 3.20. The molecule has 1 aliphatic heterocycles. The molecule has 0 saturated carbocycles. The van der Waals surface area contributed by atoms with E-state index in [0.717, 1.165) is 30.6 Å². The van der Waals surface area contributed by atoms with Crippen molar-refractivity contribution < 1.29 is 28.4 Å². The largest absolute Gasteiger partial charge is 0.494 e. The maximum absolute atomic E-state index is 12.4. The molecule has 0 aliphatic carbocycles. The van der Waals surface area contributed by atoms with Gasteiger partial charge in [-0.05, 0) is 55.4 Å². The summed E-state index contributed by atoms with van der Waals surface area (Å²) in [6.07, 6.45) is 3.84. The molecule has 31 heavy (non-hydrogen) atoms. The van der Waals surface area contributed by atoms with Crippen molar-refractivity contribution in [3.63, 3.8) is 0 Å². The van der Waals surface area contributed by atoms with Crippen LogP contribution in [0.15, 0.2) is 54.6 Å². The van der Waals surface area contributed by atoms with Crippen molar-refractivity contribution in [1.29, 1.82) is 0 Å². The third-order valence-corrected chi connectivity index (χ3v) is 5.85. The second-order valence-corrected chi connectivity index (χ2v) is 8.98. The van der Waals surface area contributed by atoms with Crippen LogP contribution in [-0.4, -0.2) is 46.4 Å². The third-order valence-electron chi connectivity index (χ3n) is 5.28. The smallest absolute Gasteiger partial charge is 0.469 e. The second kappa shape index (κ2) is 11.4. The molecule has 2 aromatic carbocycles. The van der Waals surface area contributed by atoms with Gasteiger partial charge in [0.15, 0.2) is 0 Å². The predicted octanol–water partition coefficient (Wildman–Crippen LogP) is 3.73. The number of nitrogens with zero attached hydrogens (tertiary/aromatic N) is 1. The van der Waals surface area contributed by atoms with Gasteiger partial charge in [0.05, 0.1) is 12.7 Å². The molecule has 0 bridgehead atoms. The summed E-state index contributed by atoms with van der Waals surface area (Å²) in [6.45, 7) is 1.33. The van der Waals surface area contributed by atoms with E-state index in [1.54, 1.807) is 4.90 Å². The molecule has 1 unspecified atom stereocenters. The molecule has 1 atom stereocenters.